The van der Waals surface area contributed by atoms with Gasteiger partial charge in [0.05, 0.1) is 0 Å². The van der Waals surface area contributed by atoms with Gasteiger partial charge in [-0.2, -0.15) is 0 Å². The summed E-state index contributed by atoms with van der Waals surface area (Å²) in [5.74, 6) is 0.375. The maximum atomic E-state index is 12.3. The normalized spacial score (nSPS) is 24.4. The van der Waals surface area contributed by atoms with Crippen LogP contribution in [0.15, 0.2) is 24.3 Å². The number of hydrogen-bond donors (Lipinski definition) is 2. The Morgan fingerprint density at radius 1 is 1.21 bits per heavy atom. The van der Waals surface area contributed by atoms with Gasteiger partial charge in [0.2, 0.25) is 5.91 Å². The van der Waals surface area contributed by atoms with Crippen LogP contribution in [-0.2, 0) is 17.9 Å². The lowest BCUT2D eigenvalue weighted by molar-refractivity contribution is -0.126. The first kappa shape index (κ1) is 19.2. The molecule has 2 heterocycles. The van der Waals surface area contributed by atoms with Crippen molar-refractivity contribution in [2.75, 3.05) is 19.6 Å². The minimum Gasteiger partial charge on any atom is -0.352 e. The van der Waals surface area contributed by atoms with Gasteiger partial charge < -0.3 is 10.6 Å². The molecule has 0 bridgehead atoms. The molecule has 3 rings (SSSR count). The fourth-order valence-corrected chi connectivity index (χ4v) is 3.67. The molecule has 0 aromatic heterocycles. The monoisotopic (exact) mass is 351 g/mol. The highest BCUT2D eigenvalue weighted by Crippen LogP contribution is 2.17. The Morgan fingerprint density at radius 3 is 2.54 bits per heavy atom. The predicted molar refractivity (Wildman–Crippen MR) is 100 cm³/mol. The van der Waals surface area contributed by atoms with Gasteiger partial charge in [-0.15, -0.1) is 12.4 Å². The highest BCUT2D eigenvalue weighted by atomic mass is 35.5. The first-order valence-electron chi connectivity index (χ1n) is 9.02. The van der Waals surface area contributed by atoms with Crippen molar-refractivity contribution >= 4 is 18.3 Å². The first-order chi connectivity index (χ1) is 11.2. The van der Waals surface area contributed by atoms with Crippen molar-refractivity contribution in [2.24, 2.45) is 5.92 Å². The van der Waals surface area contributed by atoms with Gasteiger partial charge in [0, 0.05) is 25.0 Å². The third-order valence-electron chi connectivity index (χ3n) is 5.09. The lowest BCUT2D eigenvalue weighted by atomic mass is 9.92. The molecule has 2 aliphatic rings. The molecule has 2 N–H and O–H groups in total. The number of amides is 1. The summed E-state index contributed by atoms with van der Waals surface area (Å²) in [6.45, 7) is 7.25. The summed E-state index contributed by atoms with van der Waals surface area (Å²) in [5, 5.41) is 6.50. The largest absolute Gasteiger partial charge is 0.352 e. The summed E-state index contributed by atoms with van der Waals surface area (Å²) in [4.78, 5) is 14.8. The second-order valence-corrected chi connectivity index (χ2v) is 7.09. The van der Waals surface area contributed by atoms with Gasteiger partial charge in [-0.25, -0.2) is 0 Å². The van der Waals surface area contributed by atoms with Crippen LogP contribution in [0.4, 0.5) is 0 Å². The number of rotatable bonds is 5. The summed E-state index contributed by atoms with van der Waals surface area (Å²) in [6.07, 6.45) is 4.56. The third-order valence-corrected chi connectivity index (χ3v) is 5.09. The van der Waals surface area contributed by atoms with Gasteiger partial charge in [0.15, 0.2) is 0 Å². The standard InChI is InChI=1S/C19H29N3O.ClH/c1-15-12-18(8-9-20-15)19(23)21-13-16-4-6-17(7-5-16)14-22-10-2-3-11-22;/h4-7,15,18,20H,2-3,8-14H2,1H3,(H,21,23);1H/t15-,18-;/m0./s1. The van der Waals surface area contributed by atoms with Gasteiger partial charge in [0.1, 0.15) is 0 Å². The summed E-state index contributed by atoms with van der Waals surface area (Å²) in [7, 11) is 0. The summed E-state index contributed by atoms with van der Waals surface area (Å²) < 4.78 is 0. The quantitative estimate of drug-likeness (QED) is 0.857. The maximum absolute atomic E-state index is 12.3. The molecule has 0 spiro atoms. The van der Waals surface area contributed by atoms with E-state index in [1.807, 2.05) is 0 Å². The third kappa shape index (κ3) is 5.47. The molecule has 5 heteroatoms. The number of hydrogen-bond acceptors (Lipinski definition) is 3. The number of likely N-dealkylation sites (tertiary alicyclic amines) is 1. The van der Waals surface area contributed by atoms with E-state index < -0.39 is 0 Å². The van der Waals surface area contributed by atoms with Gasteiger partial charge in [-0.05, 0) is 63.4 Å². The van der Waals surface area contributed by atoms with E-state index in [2.05, 4.69) is 46.7 Å². The van der Waals surface area contributed by atoms with Crippen molar-refractivity contribution in [1.82, 2.24) is 15.5 Å². The zero-order chi connectivity index (χ0) is 16.1. The average molecular weight is 352 g/mol. The van der Waals surface area contributed by atoms with Gasteiger partial charge in [-0.3, -0.25) is 9.69 Å². The Kier molecular flexibility index (Phi) is 7.53. The zero-order valence-corrected chi connectivity index (χ0v) is 15.4. The second kappa shape index (κ2) is 9.40. The van der Waals surface area contributed by atoms with Crippen molar-refractivity contribution in [3.63, 3.8) is 0 Å². The molecule has 2 fully saturated rings. The van der Waals surface area contributed by atoms with Crippen LogP contribution in [0.1, 0.15) is 43.7 Å². The lowest BCUT2D eigenvalue weighted by Gasteiger charge is -2.27. The summed E-state index contributed by atoms with van der Waals surface area (Å²) in [6, 6.07) is 9.15. The van der Waals surface area contributed by atoms with Crippen molar-refractivity contribution in [2.45, 2.75) is 51.7 Å². The average Bonchev–Trinajstić information content (AvgIpc) is 3.07. The fourth-order valence-electron chi connectivity index (χ4n) is 3.67. The molecule has 2 saturated heterocycles. The lowest BCUT2D eigenvalue weighted by Crippen LogP contribution is -2.42. The van der Waals surface area contributed by atoms with E-state index in [-0.39, 0.29) is 24.2 Å². The molecule has 134 valence electrons. The Hall–Kier alpha value is -1.10. The number of nitrogens with one attached hydrogen (secondary N) is 2. The molecule has 0 aliphatic carbocycles. The molecule has 1 aromatic carbocycles. The van der Waals surface area contributed by atoms with Crippen LogP contribution in [0.3, 0.4) is 0 Å². The van der Waals surface area contributed by atoms with Crippen LogP contribution in [0.5, 0.6) is 0 Å². The van der Waals surface area contributed by atoms with Crippen molar-refractivity contribution in [1.29, 1.82) is 0 Å². The molecule has 2 atom stereocenters. The number of nitrogens with zero attached hydrogens (tertiary/aromatic N) is 1. The Balaban J connectivity index is 0.00000208. The van der Waals surface area contributed by atoms with E-state index in [1.165, 1.54) is 37.1 Å². The molecule has 1 amide bonds. The van der Waals surface area contributed by atoms with Crippen LogP contribution < -0.4 is 10.6 Å². The van der Waals surface area contributed by atoms with Gasteiger partial charge >= 0.3 is 0 Å². The van der Waals surface area contributed by atoms with Crippen LogP contribution in [-0.4, -0.2) is 36.5 Å². The number of carbonyl (C=O) groups excluding carboxylic acids is 1. The Bertz CT molecular complexity index is 514. The van der Waals surface area contributed by atoms with Gasteiger partial charge in [0.25, 0.3) is 0 Å². The molecule has 0 saturated carbocycles. The van der Waals surface area contributed by atoms with Crippen molar-refractivity contribution in [3.05, 3.63) is 35.4 Å². The molecule has 2 aliphatic heterocycles. The minimum absolute atomic E-state index is 0. The van der Waals surface area contributed by atoms with Crippen LogP contribution in [0.25, 0.3) is 0 Å². The fraction of sp³-hybridized carbons (Fsp3) is 0.632. The first-order valence-corrected chi connectivity index (χ1v) is 9.02. The van der Waals surface area contributed by atoms with Crippen LogP contribution >= 0.6 is 12.4 Å². The van der Waals surface area contributed by atoms with E-state index in [1.54, 1.807) is 0 Å². The summed E-state index contributed by atoms with van der Waals surface area (Å²) in [5.41, 5.74) is 2.56. The van der Waals surface area contributed by atoms with E-state index in [9.17, 15) is 4.79 Å². The van der Waals surface area contributed by atoms with Crippen molar-refractivity contribution < 1.29 is 4.79 Å². The molecule has 0 unspecified atom stereocenters. The minimum atomic E-state index is 0. The van der Waals surface area contributed by atoms with E-state index >= 15 is 0 Å². The SMILES string of the molecule is C[C@H]1C[C@@H](C(=O)NCc2ccc(CN3CCCC3)cc2)CCN1.Cl. The maximum Gasteiger partial charge on any atom is 0.223 e. The number of benzene rings is 1. The second-order valence-electron chi connectivity index (χ2n) is 7.09. The molecular formula is C19H30ClN3O. The molecule has 0 radical (unpaired) electrons. The van der Waals surface area contributed by atoms with Crippen molar-refractivity contribution in [3.8, 4) is 0 Å². The number of halogens is 1. The van der Waals surface area contributed by atoms with Gasteiger partial charge in [-0.1, -0.05) is 24.3 Å². The van der Waals surface area contributed by atoms with E-state index in [4.69, 9.17) is 0 Å². The number of carbonyl (C=O) groups is 1. The Labute approximate surface area is 151 Å². The zero-order valence-electron chi connectivity index (χ0n) is 14.6. The highest BCUT2D eigenvalue weighted by Gasteiger charge is 2.24. The molecule has 1 aromatic rings. The molecule has 24 heavy (non-hydrogen) atoms. The highest BCUT2D eigenvalue weighted by molar-refractivity contribution is 5.85. The topological polar surface area (TPSA) is 44.4 Å². The van der Waals surface area contributed by atoms with Crippen LogP contribution in [0, 0.1) is 5.92 Å². The summed E-state index contributed by atoms with van der Waals surface area (Å²) >= 11 is 0. The Morgan fingerprint density at radius 2 is 1.88 bits per heavy atom. The number of piperidine rings is 1. The smallest absolute Gasteiger partial charge is 0.223 e. The van der Waals surface area contributed by atoms with E-state index in [0.29, 0.717) is 12.6 Å². The predicted octanol–water partition coefficient (Wildman–Crippen LogP) is 2.71. The molecular weight excluding hydrogens is 322 g/mol. The molecule has 4 nitrogen and oxygen atoms in total. The van der Waals surface area contributed by atoms with Crippen LogP contribution in [0.2, 0.25) is 0 Å². The van der Waals surface area contributed by atoms with E-state index in [0.717, 1.165) is 25.9 Å².